The molecule has 4 aliphatic rings. The van der Waals surface area contributed by atoms with E-state index in [1.165, 1.54) is 58.3 Å². The van der Waals surface area contributed by atoms with Gasteiger partial charge in [0.15, 0.2) is 0 Å². The fourth-order valence-corrected chi connectivity index (χ4v) is 7.12. The molecule has 2 aliphatic carbocycles. The molecule has 6 rings (SSSR count). The molecule has 2 N–H and O–H groups in total. The van der Waals surface area contributed by atoms with Crippen molar-refractivity contribution >= 4 is 22.9 Å². The number of nitrogens with zero attached hydrogens (tertiary/aromatic N) is 5. The molecule has 2 aliphatic heterocycles. The number of anilines is 1. The van der Waals surface area contributed by atoms with Gasteiger partial charge in [-0.1, -0.05) is 19.3 Å². The highest BCUT2D eigenvalue weighted by Crippen LogP contribution is 2.40. The lowest BCUT2D eigenvalue weighted by atomic mass is 9.80. The summed E-state index contributed by atoms with van der Waals surface area (Å²) in [6.07, 6.45) is 12.6. The molecule has 2 aromatic heterocycles. The topological polar surface area (TPSA) is 78.3 Å². The van der Waals surface area contributed by atoms with E-state index in [0.29, 0.717) is 30.6 Å². The summed E-state index contributed by atoms with van der Waals surface area (Å²) in [5.41, 5.74) is 1.63. The second kappa shape index (κ2) is 9.36. The van der Waals surface area contributed by atoms with E-state index in [9.17, 15) is 4.79 Å². The monoisotopic (exact) mass is 479 g/mol. The first-order valence-electron chi connectivity index (χ1n) is 13.9. The molecular formula is C27H41N7O. The van der Waals surface area contributed by atoms with E-state index in [-0.39, 0.29) is 11.4 Å². The van der Waals surface area contributed by atoms with E-state index in [1.54, 1.807) is 0 Å². The molecule has 1 amide bonds. The molecule has 4 heterocycles. The number of amides is 1. The summed E-state index contributed by atoms with van der Waals surface area (Å²) in [6, 6.07) is 3.77. The highest BCUT2D eigenvalue weighted by atomic mass is 16.2. The minimum absolute atomic E-state index is 0.0151. The van der Waals surface area contributed by atoms with Gasteiger partial charge in [-0.25, -0.2) is 4.98 Å². The number of aromatic nitrogens is 3. The fourth-order valence-electron chi connectivity index (χ4n) is 7.12. The summed E-state index contributed by atoms with van der Waals surface area (Å²) in [6.45, 7) is 10.1. The van der Waals surface area contributed by atoms with Crippen LogP contribution in [-0.2, 0) is 5.54 Å². The smallest absolute Gasteiger partial charge is 0.268 e. The standard InChI is InChI=1S/C27H41N7O/c1-19(2)32-12-14-33(15-13-32)22-8-6-21(7-9-22)30-26-28-17-20-16-23-25(35)29-18-27(10-4-3-5-11-27)34(23)24(20)31-26/h16-17,19,21-22H,3-15,18H2,1-2H3,(H,29,35)(H,28,30,31)/t21-,22-. The largest absolute Gasteiger partial charge is 0.351 e. The van der Waals surface area contributed by atoms with Gasteiger partial charge in [-0.3, -0.25) is 14.6 Å². The van der Waals surface area contributed by atoms with Crippen molar-refractivity contribution in [3.8, 4) is 0 Å². The number of carbonyl (C=O) groups is 1. The normalized spacial score (nSPS) is 27.8. The SMILES string of the molecule is CC(C)N1CCN([C@H]2CC[C@H](Nc3ncc4cc5n(c4n3)C3(CCCCC3)CNC5=O)CC2)CC1. The van der Waals surface area contributed by atoms with Crippen molar-refractivity contribution in [2.45, 2.75) is 95.3 Å². The Morgan fingerprint density at radius 3 is 2.51 bits per heavy atom. The minimum Gasteiger partial charge on any atom is -0.351 e. The van der Waals surface area contributed by atoms with Crippen molar-refractivity contribution in [1.29, 1.82) is 0 Å². The first kappa shape index (κ1) is 23.2. The van der Waals surface area contributed by atoms with Crippen LogP contribution in [0.25, 0.3) is 11.0 Å². The van der Waals surface area contributed by atoms with Crippen LogP contribution in [0.1, 0.15) is 82.1 Å². The molecule has 0 atom stereocenters. The van der Waals surface area contributed by atoms with E-state index in [1.807, 2.05) is 12.3 Å². The summed E-state index contributed by atoms with van der Waals surface area (Å²) in [4.78, 5) is 27.7. The Hall–Kier alpha value is -2.19. The lowest BCUT2D eigenvalue weighted by molar-refractivity contribution is 0.0630. The zero-order chi connectivity index (χ0) is 24.0. The lowest BCUT2D eigenvalue weighted by Gasteiger charge is -2.43. The van der Waals surface area contributed by atoms with Crippen molar-refractivity contribution in [2.24, 2.45) is 0 Å². The van der Waals surface area contributed by atoms with Gasteiger partial charge in [-0.2, -0.15) is 4.98 Å². The van der Waals surface area contributed by atoms with Gasteiger partial charge in [0.25, 0.3) is 5.91 Å². The number of carbonyl (C=O) groups excluding carboxylic acids is 1. The maximum absolute atomic E-state index is 12.7. The molecule has 2 aromatic rings. The Balaban J connectivity index is 1.14. The molecule has 8 nitrogen and oxygen atoms in total. The van der Waals surface area contributed by atoms with Gasteiger partial charge in [-0.05, 0) is 58.4 Å². The summed E-state index contributed by atoms with van der Waals surface area (Å²) < 4.78 is 2.26. The van der Waals surface area contributed by atoms with Crippen LogP contribution in [0.4, 0.5) is 5.95 Å². The molecule has 35 heavy (non-hydrogen) atoms. The summed E-state index contributed by atoms with van der Waals surface area (Å²) in [5.74, 6) is 0.727. The zero-order valence-corrected chi connectivity index (χ0v) is 21.4. The van der Waals surface area contributed by atoms with Gasteiger partial charge < -0.3 is 15.2 Å². The van der Waals surface area contributed by atoms with Crippen LogP contribution in [0, 0.1) is 0 Å². The fraction of sp³-hybridized carbons (Fsp3) is 0.741. The molecule has 1 saturated heterocycles. The molecule has 2 saturated carbocycles. The third kappa shape index (κ3) is 4.33. The number of hydrogen-bond acceptors (Lipinski definition) is 6. The van der Waals surface area contributed by atoms with Gasteiger partial charge in [0, 0.05) is 62.4 Å². The Morgan fingerprint density at radius 2 is 1.80 bits per heavy atom. The van der Waals surface area contributed by atoms with Crippen molar-refractivity contribution in [3.05, 3.63) is 18.0 Å². The average Bonchev–Trinajstić information content (AvgIpc) is 3.28. The number of rotatable bonds is 4. The number of fused-ring (bicyclic) bond motifs is 4. The van der Waals surface area contributed by atoms with E-state index < -0.39 is 0 Å². The predicted octanol–water partition coefficient (Wildman–Crippen LogP) is 3.58. The molecule has 0 radical (unpaired) electrons. The molecule has 1 spiro atoms. The van der Waals surface area contributed by atoms with Crippen LogP contribution in [0.2, 0.25) is 0 Å². The van der Waals surface area contributed by atoms with Crippen LogP contribution in [0.3, 0.4) is 0 Å². The third-order valence-electron chi connectivity index (χ3n) is 9.24. The lowest BCUT2D eigenvalue weighted by Crippen LogP contribution is -2.53. The Kier molecular flexibility index (Phi) is 6.21. The molecule has 3 fully saturated rings. The maximum atomic E-state index is 12.7. The number of hydrogen-bond donors (Lipinski definition) is 2. The predicted molar refractivity (Wildman–Crippen MR) is 139 cm³/mol. The number of piperazine rings is 1. The summed E-state index contributed by atoms with van der Waals surface area (Å²) >= 11 is 0. The highest BCUT2D eigenvalue weighted by molar-refractivity contribution is 5.99. The average molecular weight is 480 g/mol. The third-order valence-corrected chi connectivity index (χ3v) is 9.24. The molecule has 0 bridgehead atoms. The molecule has 190 valence electrons. The van der Waals surface area contributed by atoms with Crippen LogP contribution < -0.4 is 10.6 Å². The highest BCUT2D eigenvalue weighted by Gasteiger charge is 2.41. The van der Waals surface area contributed by atoms with Gasteiger partial charge in [0.1, 0.15) is 11.3 Å². The van der Waals surface area contributed by atoms with Gasteiger partial charge in [-0.15, -0.1) is 0 Å². The van der Waals surface area contributed by atoms with Crippen molar-refractivity contribution in [3.63, 3.8) is 0 Å². The van der Waals surface area contributed by atoms with Crippen LogP contribution in [-0.4, -0.2) is 81.1 Å². The first-order chi connectivity index (χ1) is 17.0. The van der Waals surface area contributed by atoms with Crippen molar-refractivity contribution in [2.75, 3.05) is 38.0 Å². The molecule has 8 heteroatoms. The first-order valence-corrected chi connectivity index (χ1v) is 13.9. The minimum atomic E-state index is -0.0352. The van der Waals surface area contributed by atoms with Crippen LogP contribution in [0.5, 0.6) is 0 Å². The van der Waals surface area contributed by atoms with Crippen molar-refractivity contribution in [1.82, 2.24) is 29.7 Å². The van der Waals surface area contributed by atoms with Crippen molar-refractivity contribution < 1.29 is 4.79 Å². The molecule has 0 unspecified atom stereocenters. The van der Waals surface area contributed by atoms with E-state index in [0.717, 1.165) is 42.4 Å². The van der Waals surface area contributed by atoms with Crippen LogP contribution in [0.15, 0.2) is 12.3 Å². The Morgan fingerprint density at radius 1 is 1.06 bits per heavy atom. The van der Waals surface area contributed by atoms with E-state index in [2.05, 4.69) is 43.8 Å². The quantitative estimate of drug-likeness (QED) is 0.698. The van der Waals surface area contributed by atoms with E-state index in [4.69, 9.17) is 4.98 Å². The Labute approximate surface area is 208 Å². The van der Waals surface area contributed by atoms with Gasteiger partial charge >= 0.3 is 0 Å². The summed E-state index contributed by atoms with van der Waals surface area (Å²) in [5, 5.41) is 7.77. The molecule has 0 aromatic carbocycles. The molecular weight excluding hydrogens is 438 g/mol. The summed E-state index contributed by atoms with van der Waals surface area (Å²) in [7, 11) is 0. The Bertz CT molecular complexity index is 1060. The van der Waals surface area contributed by atoms with E-state index >= 15 is 0 Å². The second-order valence-electron chi connectivity index (χ2n) is 11.6. The van der Waals surface area contributed by atoms with Gasteiger partial charge in [0.05, 0.1) is 5.54 Å². The second-order valence-corrected chi connectivity index (χ2v) is 11.6. The zero-order valence-electron chi connectivity index (χ0n) is 21.4. The van der Waals surface area contributed by atoms with Gasteiger partial charge in [0.2, 0.25) is 5.95 Å². The van der Waals surface area contributed by atoms with Crippen LogP contribution >= 0.6 is 0 Å². The number of nitrogens with one attached hydrogen (secondary N) is 2. The maximum Gasteiger partial charge on any atom is 0.268 e.